The van der Waals surface area contributed by atoms with E-state index >= 15 is 0 Å². The fourth-order valence-electron chi connectivity index (χ4n) is 3.88. The number of likely N-dealkylation sites (tertiary alicyclic amines) is 1. The number of hydrogen-bond donors (Lipinski definition) is 2. The van der Waals surface area contributed by atoms with E-state index in [4.69, 9.17) is 0 Å². The van der Waals surface area contributed by atoms with Crippen LogP contribution in [0.5, 0.6) is 0 Å². The molecule has 0 atom stereocenters. The molecule has 1 fully saturated rings. The average molecular weight is 445 g/mol. The van der Waals surface area contributed by atoms with Crippen molar-refractivity contribution in [2.45, 2.75) is 51.3 Å². The van der Waals surface area contributed by atoms with E-state index < -0.39 is 15.9 Å². The molecule has 9 heteroatoms. The summed E-state index contributed by atoms with van der Waals surface area (Å²) in [6, 6.07) is 6.04. The second-order valence-electron chi connectivity index (χ2n) is 7.77. The Kier molecular flexibility index (Phi) is 6.64. The van der Waals surface area contributed by atoms with Gasteiger partial charge in [-0.25, -0.2) is 0 Å². The fraction of sp³-hybridized carbons (Fsp3) is 0.409. The molecular weight excluding hydrogens is 416 g/mol. The lowest BCUT2D eigenvalue weighted by Gasteiger charge is -2.11. The van der Waals surface area contributed by atoms with Gasteiger partial charge < -0.3 is 15.2 Å². The molecule has 0 radical (unpaired) electrons. The third-order valence-corrected chi connectivity index (χ3v) is 6.62. The average Bonchev–Trinajstić information content (AvgIpc) is 3.24. The van der Waals surface area contributed by atoms with E-state index in [1.165, 1.54) is 19.1 Å². The first-order valence-corrected chi connectivity index (χ1v) is 11.8. The predicted octanol–water partition coefficient (Wildman–Crippen LogP) is 3.54. The summed E-state index contributed by atoms with van der Waals surface area (Å²) < 4.78 is 29.4. The van der Waals surface area contributed by atoms with Crippen molar-refractivity contribution in [3.63, 3.8) is 0 Å². The Labute approximate surface area is 182 Å². The zero-order chi connectivity index (χ0) is 22.8. The number of carbonyl (C=O) groups is 2. The number of benzene rings is 1. The largest absolute Gasteiger partial charge is 0.362 e. The summed E-state index contributed by atoms with van der Waals surface area (Å²) in [5.41, 5.74) is 2.54. The standard InChI is InChI=1S/C22H28N4O4S/c1-5-8-18-20(15(3)27)14(2)23-21(18)22(28)24-16-9-6-10-17(13-16)31(29,30)25-19-11-7-12-26(19)4/h6,9-10,13,23H,5,7-8,11-12H2,1-4H3,(H,24,28). The van der Waals surface area contributed by atoms with Crippen LogP contribution < -0.4 is 5.32 Å². The van der Waals surface area contributed by atoms with Gasteiger partial charge in [-0.05, 0) is 50.5 Å². The molecule has 8 nitrogen and oxygen atoms in total. The molecular formula is C22H28N4O4S. The zero-order valence-corrected chi connectivity index (χ0v) is 19.1. The number of sulfonamides is 1. The first-order chi connectivity index (χ1) is 14.6. The van der Waals surface area contributed by atoms with Gasteiger partial charge in [-0.15, -0.1) is 4.40 Å². The predicted molar refractivity (Wildman–Crippen MR) is 120 cm³/mol. The fourth-order valence-corrected chi connectivity index (χ4v) is 5.02. The summed E-state index contributed by atoms with van der Waals surface area (Å²) in [6.07, 6.45) is 2.86. The van der Waals surface area contributed by atoms with Crippen LogP contribution in [-0.2, 0) is 16.4 Å². The molecule has 2 aromatic rings. The van der Waals surface area contributed by atoms with Crippen LogP contribution in [0.3, 0.4) is 0 Å². The molecule has 1 aromatic heterocycles. The number of carbonyl (C=O) groups excluding carboxylic acids is 2. The summed E-state index contributed by atoms with van der Waals surface area (Å²) in [6.45, 7) is 6.00. The third-order valence-electron chi connectivity index (χ3n) is 5.32. The summed E-state index contributed by atoms with van der Waals surface area (Å²) in [4.78, 5) is 29.8. The minimum Gasteiger partial charge on any atom is -0.362 e. The van der Waals surface area contributed by atoms with E-state index in [2.05, 4.69) is 14.7 Å². The Morgan fingerprint density at radius 3 is 2.65 bits per heavy atom. The first kappa shape index (κ1) is 22.7. The Morgan fingerprint density at radius 2 is 2.03 bits per heavy atom. The highest BCUT2D eigenvalue weighted by molar-refractivity contribution is 7.90. The van der Waals surface area contributed by atoms with Crippen molar-refractivity contribution in [1.82, 2.24) is 9.88 Å². The van der Waals surface area contributed by atoms with Crippen molar-refractivity contribution in [1.29, 1.82) is 0 Å². The second-order valence-corrected chi connectivity index (χ2v) is 9.38. The highest BCUT2D eigenvalue weighted by atomic mass is 32.2. The number of rotatable bonds is 7. The van der Waals surface area contributed by atoms with Crippen LogP contribution in [-0.4, -0.2) is 49.4 Å². The maximum absolute atomic E-state index is 12.9. The van der Waals surface area contributed by atoms with E-state index in [9.17, 15) is 18.0 Å². The lowest BCUT2D eigenvalue weighted by atomic mass is 10.0. The number of nitrogens with one attached hydrogen (secondary N) is 2. The molecule has 1 aliphatic heterocycles. The van der Waals surface area contributed by atoms with E-state index in [1.54, 1.807) is 19.1 Å². The number of aromatic nitrogens is 1. The van der Waals surface area contributed by atoms with Crippen molar-refractivity contribution in [3.8, 4) is 0 Å². The van der Waals surface area contributed by atoms with Crippen molar-refractivity contribution in [2.24, 2.45) is 4.40 Å². The monoisotopic (exact) mass is 444 g/mol. The van der Waals surface area contributed by atoms with Gasteiger partial charge in [0.15, 0.2) is 5.78 Å². The number of H-pyrrole nitrogens is 1. The van der Waals surface area contributed by atoms with Crippen LogP contribution in [0, 0.1) is 6.92 Å². The number of anilines is 1. The number of ketones is 1. The minimum absolute atomic E-state index is 0.0129. The van der Waals surface area contributed by atoms with Crippen LogP contribution in [0.2, 0.25) is 0 Å². The zero-order valence-electron chi connectivity index (χ0n) is 18.3. The van der Waals surface area contributed by atoms with Crippen LogP contribution in [0.1, 0.15) is 65.2 Å². The molecule has 31 heavy (non-hydrogen) atoms. The molecule has 166 valence electrons. The van der Waals surface area contributed by atoms with Gasteiger partial charge in [0, 0.05) is 37.0 Å². The van der Waals surface area contributed by atoms with Gasteiger partial charge in [0.25, 0.3) is 15.9 Å². The number of amidine groups is 1. The normalized spacial score (nSPS) is 15.5. The molecule has 3 rings (SSSR count). The lowest BCUT2D eigenvalue weighted by molar-refractivity contribution is 0.101. The first-order valence-electron chi connectivity index (χ1n) is 10.3. The number of aromatic amines is 1. The van der Waals surface area contributed by atoms with E-state index in [1.807, 2.05) is 18.9 Å². The highest BCUT2D eigenvalue weighted by Gasteiger charge is 2.23. The summed E-state index contributed by atoms with van der Waals surface area (Å²) >= 11 is 0. The summed E-state index contributed by atoms with van der Waals surface area (Å²) in [5.74, 6) is 0.0213. The molecule has 1 saturated heterocycles. The van der Waals surface area contributed by atoms with Gasteiger partial charge in [-0.3, -0.25) is 9.59 Å². The van der Waals surface area contributed by atoms with Crippen LogP contribution >= 0.6 is 0 Å². The molecule has 2 N–H and O–H groups in total. The minimum atomic E-state index is -3.89. The molecule has 1 aromatic carbocycles. The number of Topliss-reactive ketones (excluding diaryl/α,β-unsaturated/α-hetero) is 1. The van der Waals surface area contributed by atoms with Gasteiger partial charge in [-0.1, -0.05) is 19.4 Å². The molecule has 0 unspecified atom stereocenters. The number of nitrogens with zero attached hydrogens (tertiary/aromatic N) is 2. The Hall–Kier alpha value is -2.94. The topological polar surface area (TPSA) is 112 Å². The molecule has 0 bridgehead atoms. The van der Waals surface area contributed by atoms with Gasteiger partial charge in [0.05, 0.1) is 4.90 Å². The van der Waals surface area contributed by atoms with Crippen molar-refractivity contribution in [3.05, 3.63) is 46.8 Å². The van der Waals surface area contributed by atoms with E-state index in [-0.39, 0.29) is 10.7 Å². The number of hydrogen-bond acceptors (Lipinski definition) is 4. The quantitative estimate of drug-likeness (QED) is 0.635. The lowest BCUT2D eigenvalue weighted by Crippen LogP contribution is -2.20. The van der Waals surface area contributed by atoms with Gasteiger partial charge in [0.1, 0.15) is 11.5 Å². The molecule has 0 saturated carbocycles. The summed E-state index contributed by atoms with van der Waals surface area (Å²) in [7, 11) is -2.07. The van der Waals surface area contributed by atoms with Crippen LogP contribution in [0.4, 0.5) is 5.69 Å². The van der Waals surface area contributed by atoms with Crippen molar-refractivity contribution < 1.29 is 18.0 Å². The maximum atomic E-state index is 12.9. The third kappa shape index (κ3) is 4.87. The van der Waals surface area contributed by atoms with Crippen molar-refractivity contribution >= 4 is 33.2 Å². The molecule has 1 amide bonds. The SMILES string of the molecule is CCCc1c(C(=O)Nc2cccc(S(=O)(=O)N=C3CCCN3C)c2)[nH]c(C)c1C(C)=O. The Bertz CT molecular complexity index is 1150. The molecule has 0 aliphatic carbocycles. The smallest absolute Gasteiger partial charge is 0.284 e. The Balaban J connectivity index is 1.89. The van der Waals surface area contributed by atoms with Crippen LogP contribution in [0.25, 0.3) is 0 Å². The van der Waals surface area contributed by atoms with E-state index in [0.29, 0.717) is 46.9 Å². The van der Waals surface area contributed by atoms with Crippen LogP contribution in [0.15, 0.2) is 33.6 Å². The van der Waals surface area contributed by atoms with Gasteiger partial charge in [0.2, 0.25) is 0 Å². The molecule has 0 spiro atoms. The van der Waals surface area contributed by atoms with Gasteiger partial charge in [-0.2, -0.15) is 8.42 Å². The molecule has 2 heterocycles. The Morgan fingerprint density at radius 1 is 1.29 bits per heavy atom. The second kappa shape index (κ2) is 9.05. The highest BCUT2D eigenvalue weighted by Crippen LogP contribution is 2.24. The van der Waals surface area contributed by atoms with Gasteiger partial charge >= 0.3 is 0 Å². The van der Waals surface area contributed by atoms with E-state index in [0.717, 1.165) is 19.4 Å². The van der Waals surface area contributed by atoms with Crippen molar-refractivity contribution in [2.75, 3.05) is 18.9 Å². The number of aryl methyl sites for hydroxylation is 1. The summed E-state index contributed by atoms with van der Waals surface area (Å²) in [5, 5.41) is 2.75. The number of amides is 1. The molecule has 1 aliphatic rings. The maximum Gasteiger partial charge on any atom is 0.284 e.